The summed E-state index contributed by atoms with van der Waals surface area (Å²) in [5.41, 5.74) is 6.18. The molecule has 1 aliphatic heterocycles. The Labute approximate surface area is 93.6 Å². The van der Waals surface area contributed by atoms with Gasteiger partial charge in [-0.15, -0.1) is 0 Å². The molecule has 1 saturated carbocycles. The lowest BCUT2D eigenvalue weighted by atomic mass is 9.90. The Morgan fingerprint density at radius 3 is 2.47 bits per heavy atom. The third-order valence-corrected chi connectivity index (χ3v) is 4.41. The summed E-state index contributed by atoms with van der Waals surface area (Å²) in [5, 5.41) is 0. The first kappa shape index (κ1) is 11.4. The minimum atomic E-state index is 0.120. The van der Waals surface area contributed by atoms with Crippen LogP contribution in [0.5, 0.6) is 0 Å². The van der Waals surface area contributed by atoms with Gasteiger partial charge in [-0.1, -0.05) is 6.92 Å². The molecule has 1 aliphatic carbocycles. The van der Waals surface area contributed by atoms with Crippen LogP contribution in [0.4, 0.5) is 0 Å². The van der Waals surface area contributed by atoms with Crippen LogP contribution in [-0.2, 0) is 4.74 Å². The van der Waals surface area contributed by atoms with Crippen LogP contribution >= 0.6 is 0 Å². The molecule has 0 amide bonds. The van der Waals surface area contributed by atoms with Gasteiger partial charge in [0.05, 0.1) is 11.7 Å². The molecular formula is C13H25NO. The lowest BCUT2D eigenvalue weighted by molar-refractivity contribution is -0.0263. The van der Waals surface area contributed by atoms with Crippen LogP contribution in [0.3, 0.4) is 0 Å². The fourth-order valence-electron chi connectivity index (χ4n) is 3.20. The third kappa shape index (κ3) is 2.54. The zero-order valence-electron chi connectivity index (χ0n) is 10.3. The summed E-state index contributed by atoms with van der Waals surface area (Å²) in [6.45, 7) is 6.72. The van der Waals surface area contributed by atoms with E-state index in [2.05, 4.69) is 20.8 Å². The van der Waals surface area contributed by atoms with Gasteiger partial charge in [0.1, 0.15) is 0 Å². The summed E-state index contributed by atoms with van der Waals surface area (Å²) in [7, 11) is 0. The summed E-state index contributed by atoms with van der Waals surface area (Å²) < 4.78 is 6.05. The van der Waals surface area contributed by atoms with Crippen molar-refractivity contribution < 1.29 is 4.74 Å². The smallest absolute Gasteiger partial charge is 0.0631 e. The van der Waals surface area contributed by atoms with Gasteiger partial charge in [0.2, 0.25) is 0 Å². The minimum Gasteiger partial charge on any atom is -0.372 e. The predicted molar refractivity (Wildman–Crippen MR) is 62.7 cm³/mol. The van der Waals surface area contributed by atoms with Gasteiger partial charge in [-0.2, -0.15) is 0 Å². The van der Waals surface area contributed by atoms with Crippen molar-refractivity contribution in [1.82, 2.24) is 0 Å². The van der Waals surface area contributed by atoms with Crippen molar-refractivity contribution in [2.24, 2.45) is 17.6 Å². The SMILES string of the molecule is CC1C(N)CCC1CC1CCC(C)(C)O1. The highest BCUT2D eigenvalue weighted by Gasteiger charge is 2.37. The van der Waals surface area contributed by atoms with E-state index in [9.17, 15) is 0 Å². The van der Waals surface area contributed by atoms with Gasteiger partial charge in [-0.05, 0) is 57.8 Å². The number of ether oxygens (including phenoxy) is 1. The average molecular weight is 211 g/mol. The molecule has 2 fully saturated rings. The maximum Gasteiger partial charge on any atom is 0.0631 e. The van der Waals surface area contributed by atoms with Gasteiger partial charge in [-0.3, -0.25) is 0 Å². The van der Waals surface area contributed by atoms with E-state index in [1.54, 1.807) is 0 Å². The summed E-state index contributed by atoms with van der Waals surface area (Å²) in [5.74, 6) is 1.50. The second-order valence-electron chi connectivity index (χ2n) is 6.13. The van der Waals surface area contributed by atoms with E-state index < -0.39 is 0 Å². The zero-order chi connectivity index (χ0) is 11.1. The molecule has 15 heavy (non-hydrogen) atoms. The fraction of sp³-hybridized carbons (Fsp3) is 1.00. The summed E-state index contributed by atoms with van der Waals surface area (Å²) in [6, 6.07) is 0.435. The van der Waals surface area contributed by atoms with Crippen molar-refractivity contribution in [3.05, 3.63) is 0 Å². The van der Waals surface area contributed by atoms with E-state index in [-0.39, 0.29) is 5.60 Å². The number of hydrogen-bond donors (Lipinski definition) is 1. The zero-order valence-corrected chi connectivity index (χ0v) is 10.3. The van der Waals surface area contributed by atoms with Gasteiger partial charge >= 0.3 is 0 Å². The molecule has 2 aliphatic rings. The molecule has 0 aromatic carbocycles. The molecule has 2 N–H and O–H groups in total. The molecule has 0 aromatic rings. The molecular weight excluding hydrogens is 186 g/mol. The molecule has 88 valence electrons. The Morgan fingerprint density at radius 1 is 1.27 bits per heavy atom. The van der Waals surface area contributed by atoms with Crippen molar-refractivity contribution in [2.75, 3.05) is 0 Å². The Bertz CT molecular complexity index is 227. The fourth-order valence-corrected chi connectivity index (χ4v) is 3.20. The summed E-state index contributed by atoms with van der Waals surface area (Å²) >= 11 is 0. The predicted octanol–water partition coefficient (Wildman–Crippen LogP) is 2.71. The lowest BCUT2D eigenvalue weighted by Gasteiger charge is -2.24. The lowest BCUT2D eigenvalue weighted by Crippen LogP contribution is -2.27. The second-order valence-corrected chi connectivity index (χ2v) is 6.13. The average Bonchev–Trinajstić information content (AvgIpc) is 2.63. The first-order valence-corrected chi connectivity index (χ1v) is 6.41. The molecule has 2 rings (SSSR count). The molecule has 1 saturated heterocycles. The Kier molecular flexibility index (Phi) is 3.09. The molecule has 2 heteroatoms. The molecule has 4 unspecified atom stereocenters. The van der Waals surface area contributed by atoms with Crippen LogP contribution in [0.15, 0.2) is 0 Å². The van der Waals surface area contributed by atoms with Gasteiger partial charge < -0.3 is 10.5 Å². The van der Waals surface area contributed by atoms with Crippen LogP contribution in [0.25, 0.3) is 0 Å². The molecule has 0 bridgehead atoms. The highest BCUT2D eigenvalue weighted by molar-refractivity contribution is 4.89. The second kappa shape index (κ2) is 4.06. The summed E-state index contributed by atoms with van der Waals surface area (Å²) in [4.78, 5) is 0. The molecule has 2 nitrogen and oxygen atoms in total. The normalized spacial score (nSPS) is 44.8. The van der Waals surface area contributed by atoms with Gasteiger partial charge in [-0.25, -0.2) is 0 Å². The van der Waals surface area contributed by atoms with Crippen LogP contribution in [0.2, 0.25) is 0 Å². The molecule has 0 radical (unpaired) electrons. The largest absolute Gasteiger partial charge is 0.372 e. The number of hydrogen-bond acceptors (Lipinski definition) is 2. The van der Waals surface area contributed by atoms with E-state index in [0.717, 1.165) is 5.92 Å². The van der Waals surface area contributed by atoms with Crippen molar-refractivity contribution in [1.29, 1.82) is 0 Å². The van der Waals surface area contributed by atoms with Crippen molar-refractivity contribution in [3.8, 4) is 0 Å². The van der Waals surface area contributed by atoms with Gasteiger partial charge in [0.25, 0.3) is 0 Å². The van der Waals surface area contributed by atoms with Crippen molar-refractivity contribution in [3.63, 3.8) is 0 Å². The standard InChI is InChI=1S/C13H25NO/c1-9-10(4-5-12(9)14)8-11-6-7-13(2,3)15-11/h9-12H,4-8,14H2,1-3H3. The van der Waals surface area contributed by atoms with E-state index >= 15 is 0 Å². The maximum atomic E-state index is 6.06. The van der Waals surface area contributed by atoms with Crippen LogP contribution in [0.1, 0.15) is 52.9 Å². The van der Waals surface area contributed by atoms with E-state index in [1.165, 1.54) is 32.1 Å². The minimum absolute atomic E-state index is 0.120. The van der Waals surface area contributed by atoms with Crippen LogP contribution in [0, 0.1) is 11.8 Å². The first-order valence-electron chi connectivity index (χ1n) is 6.41. The quantitative estimate of drug-likeness (QED) is 0.762. The highest BCUT2D eigenvalue weighted by Crippen LogP contribution is 2.39. The molecule has 1 heterocycles. The Balaban J connectivity index is 1.83. The Hall–Kier alpha value is -0.0800. The number of rotatable bonds is 2. The summed E-state index contributed by atoms with van der Waals surface area (Å²) in [6.07, 6.45) is 6.71. The van der Waals surface area contributed by atoms with Crippen molar-refractivity contribution in [2.45, 2.75) is 70.6 Å². The van der Waals surface area contributed by atoms with E-state index in [1.807, 2.05) is 0 Å². The van der Waals surface area contributed by atoms with Gasteiger partial charge in [0.15, 0.2) is 0 Å². The van der Waals surface area contributed by atoms with Crippen molar-refractivity contribution >= 4 is 0 Å². The molecule has 0 spiro atoms. The Morgan fingerprint density at radius 2 is 2.00 bits per heavy atom. The monoisotopic (exact) mass is 211 g/mol. The van der Waals surface area contributed by atoms with E-state index in [4.69, 9.17) is 10.5 Å². The van der Waals surface area contributed by atoms with Crippen LogP contribution < -0.4 is 5.73 Å². The molecule has 4 atom stereocenters. The third-order valence-electron chi connectivity index (χ3n) is 4.41. The van der Waals surface area contributed by atoms with Crippen LogP contribution in [-0.4, -0.2) is 17.7 Å². The van der Waals surface area contributed by atoms with E-state index in [0.29, 0.717) is 18.1 Å². The molecule has 0 aromatic heterocycles. The highest BCUT2D eigenvalue weighted by atomic mass is 16.5. The number of nitrogens with two attached hydrogens (primary N) is 1. The maximum absolute atomic E-state index is 6.06. The van der Waals surface area contributed by atoms with Gasteiger partial charge in [0, 0.05) is 6.04 Å². The first-order chi connectivity index (χ1) is 6.98. The topological polar surface area (TPSA) is 35.2 Å².